The molecule has 1 nitrogen and oxygen atoms in total. The Hall–Kier alpha value is -0.530. The van der Waals surface area contributed by atoms with E-state index in [-0.39, 0.29) is 0 Å². The van der Waals surface area contributed by atoms with Gasteiger partial charge in [0, 0.05) is 24.2 Å². The molecule has 1 heterocycles. The first kappa shape index (κ1) is 9.04. The second kappa shape index (κ2) is 3.32. The summed E-state index contributed by atoms with van der Waals surface area (Å²) in [6.45, 7) is 6.58. The van der Waals surface area contributed by atoms with Crippen molar-refractivity contribution in [1.29, 1.82) is 0 Å². The normalized spacial score (nSPS) is 16.6. The van der Waals surface area contributed by atoms with Crippen molar-refractivity contribution >= 4 is 11.6 Å². The second-order valence-corrected chi connectivity index (χ2v) is 4.35. The van der Waals surface area contributed by atoms with Gasteiger partial charge in [-0.25, -0.2) is 0 Å². The molecule has 70 valence electrons. The minimum absolute atomic E-state index is 0.617. The van der Waals surface area contributed by atoms with Crippen LogP contribution in [-0.4, -0.2) is 10.9 Å². The lowest BCUT2D eigenvalue weighted by Crippen LogP contribution is -2.24. The first-order valence-corrected chi connectivity index (χ1v) is 5.06. The fourth-order valence-electron chi connectivity index (χ4n) is 1.75. The van der Waals surface area contributed by atoms with Crippen LogP contribution in [0.2, 0.25) is 5.02 Å². The number of benzene rings is 1. The lowest BCUT2D eigenvalue weighted by Gasteiger charge is -2.18. The summed E-state index contributed by atoms with van der Waals surface area (Å²) in [6, 6.07) is 6.81. The molecule has 0 amide bonds. The highest BCUT2D eigenvalue weighted by atomic mass is 35.5. The third-order valence-corrected chi connectivity index (χ3v) is 2.88. The maximum atomic E-state index is 5.93. The smallest absolute Gasteiger partial charge is 0.0409 e. The number of nitrogens with zero attached hydrogens (tertiary/aromatic N) is 1. The van der Waals surface area contributed by atoms with Gasteiger partial charge in [-0.05, 0) is 37.1 Å². The Bertz CT molecular complexity index is 320. The van der Waals surface area contributed by atoms with Crippen LogP contribution in [0.1, 0.15) is 25.0 Å². The Balaban J connectivity index is 2.25. The molecule has 0 saturated heterocycles. The molecule has 1 aliphatic heterocycles. The number of rotatable bonds is 1. The number of halogens is 1. The number of hydrogen-bond donors (Lipinski definition) is 0. The van der Waals surface area contributed by atoms with Crippen LogP contribution < -0.4 is 0 Å². The summed E-state index contributed by atoms with van der Waals surface area (Å²) in [5.41, 5.74) is 2.82. The first-order chi connectivity index (χ1) is 6.16. The Morgan fingerprint density at radius 2 is 1.92 bits per heavy atom. The molecule has 1 aliphatic rings. The van der Waals surface area contributed by atoms with Crippen LogP contribution in [0.15, 0.2) is 18.2 Å². The van der Waals surface area contributed by atoms with Gasteiger partial charge in [-0.3, -0.25) is 4.90 Å². The van der Waals surface area contributed by atoms with Gasteiger partial charge in [0.1, 0.15) is 0 Å². The molecule has 1 aromatic carbocycles. The van der Waals surface area contributed by atoms with E-state index in [1.54, 1.807) is 0 Å². The van der Waals surface area contributed by atoms with Crippen molar-refractivity contribution in [3.05, 3.63) is 34.3 Å². The highest BCUT2D eigenvalue weighted by Crippen LogP contribution is 2.26. The molecule has 2 rings (SSSR count). The van der Waals surface area contributed by atoms with E-state index < -0.39 is 0 Å². The largest absolute Gasteiger partial charge is 0.292 e. The van der Waals surface area contributed by atoms with Crippen molar-refractivity contribution in [3.63, 3.8) is 0 Å². The lowest BCUT2D eigenvalue weighted by molar-refractivity contribution is 0.227. The molecule has 0 aromatic heterocycles. The molecule has 0 fully saturated rings. The molecule has 1 aromatic rings. The van der Waals surface area contributed by atoms with Crippen LogP contribution in [0.25, 0.3) is 0 Å². The molecule has 0 atom stereocenters. The van der Waals surface area contributed by atoms with Crippen LogP contribution in [0, 0.1) is 0 Å². The van der Waals surface area contributed by atoms with Gasteiger partial charge in [-0.1, -0.05) is 17.7 Å². The Kier molecular flexibility index (Phi) is 2.31. The number of hydrogen-bond acceptors (Lipinski definition) is 1. The fraction of sp³-hybridized carbons (Fsp3) is 0.455. The van der Waals surface area contributed by atoms with Crippen molar-refractivity contribution in [1.82, 2.24) is 4.90 Å². The van der Waals surface area contributed by atoms with Gasteiger partial charge in [-0.15, -0.1) is 0 Å². The molecule has 0 spiro atoms. The molecule has 13 heavy (non-hydrogen) atoms. The zero-order valence-corrected chi connectivity index (χ0v) is 8.80. The average molecular weight is 196 g/mol. The summed E-state index contributed by atoms with van der Waals surface area (Å²) in [5.74, 6) is 0. The van der Waals surface area contributed by atoms with Crippen LogP contribution >= 0.6 is 11.6 Å². The lowest BCUT2D eigenvalue weighted by atomic mass is 10.1. The quantitative estimate of drug-likeness (QED) is 0.666. The van der Waals surface area contributed by atoms with Crippen molar-refractivity contribution in [2.45, 2.75) is 33.0 Å². The molecule has 0 N–H and O–H groups in total. The van der Waals surface area contributed by atoms with Crippen LogP contribution in [-0.2, 0) is 13.1 Å². The minimum atomic E-state index is 0.617. The van der Waals surface area contributed by atoms with Crippen LogP contribution in [0.3, 0.4) is 0 Å². The van der Waals surface area contributed by atoms with Crippen molar-refractivity contribution < 1.29 is 0 Å². The molecule has 2 heteroatoms. The molecular formula is C11H14ClN. The van der Waals surface area contributed by atoms with E-state index in [0.29, 0.717) is 6.04 Å². The first-order valence-electron chi connectivity index (χ1n) is 4.68. The highest BCUT2D eigenvalue weighted by molar-refractivity contribution is 6.30. The predicted octanol–water partition coefficient (Wildman–Crippen LogP) is 3.06. The van der Waals surface area contributed by atoms with Gasteiger partial charge < -0.3 is 0 Å². The predicted molar refractivity (Wildman–Crippen MR) is 55.8 cm³/mol. The van der Waals surface area contributed by atoms with Gasteiger partial charge in [0.2, 0.25) is 0 Å². The summed E-state index contributed by atoms with van der Waals surface area (Å²) in [4.78, 5) is 2.45. The van der Waals surface area contributed by atoms with E-state index in [1.165, 1.54) is 11.1 Å². The van der Waals surface area contributed by atoms with Crippen LogP contribution in [0.4, 0.5) is 0 Å². The second-order valence-electron chi connectivity index (χ2n) is 3.91. The summed E-state index contributed by atoms with van der Waals surface area (Å²) in [7, 11) is 0. The SMILES string of the molecule is CC(C)N1Cc2ccc(Cl)cc2C1. The van der Waals surface area contributed by atoms with E-state index in [1.807, 2.05) is 6.07 Å². The summed E-state index contributed by atoms with van der Waals surface area (Å²) < 4.78 is 0. The third-order valence-electron chi connectivity index (χ3n) is 2.65. The Morgan fingerprint density at radius 1 is 1.23 bits per heavy atom. The summed E-state index contributed by atoms with van der Waals surface area (Å²) >= 11 is 5.93. The molecule has 0 unspecified atom stereocenters. The van der Waals surface area contributed by atoms with Gasteiger partial charge in [0.15, 0.2) is 0 Å². The average Bonchev–Trinajstić information content (AvgIpc) is 2.46. The van der Waals surface area contributed by atoms with Gasteiger partial charge in [-0.2, -0.15) is 0 Å². The standard InChI is InChI=1S/C11H14ClN/c1-8(2)13-6-9-3-4-11(12)5-10(9)7-13/h3-5,8H,6-7H2,1-2H3. The van der Waals surface area contributed by atoms with E-state index in [0.717, 1.165) is 18.1 Å². The Labute approximate surface area is 84.3 Å². The highest BCUT2D eigenvalue weighted by Gasteiger charge is 2.20. The summed E-state index contributed by atoms with van der Waals surface area (Å²) in [5, 5.41) is 0.851. The molecule has 0 saturated carbocycles. The zero-order chi connectivity index (χ0) is 9.42. The van der Waals surface area contributed by atoms with Crippen molar-refractivity contribution in [2.24, 2.45) is 0 Å². The van der Waals surface area contributed by atoms with E-state index in [2.05, 4.69) is 30.9 Å². The molecular weight excluding hydrogens is 182 g/mol. The van der Waals surface area contributed by atoms with Gasteiger partial charge in [0.05, 0.1) is 0 Å². The molecule has 0 radical (unpaired) electrons. The molecule has 0 bridgehead atoms. The van der Waals surface area contributed by atoms with Crippen LogP contribution in [0.5, 0.6) is 0 Å². The fourth-order valence-corrected chi connectivity index (χ4v) is 1.95. The topological polar surface area (TPSA) is 3.24 Å². The van der Waals surface area contributed by atoms with Crippen molar-refractivity contribution in [3.8, 4) is 0 Å². The van der Waals surface area contributed by atoms with E-state index >= 15 is 0 Å². The summed E-state index contributed by atoms with van der Waals surface area (Å²) in [6.07, 6.45) is 0. The van der Waals surface area contributed by atoms with Crippen molar-refractivity contribution in [2.75, 3.05) is 0 Å². The zero-order valence-electron chi connectivity index (χ0n) is 8.05. The Morgan fingerprint density at radius 3 is 2.62 bits per heavy atom. The van der Waals surface area contributed by atoms with Gasteiger partial charge >= 0.3 is 0 Å². The third kappa shape index (κ3) is 1.72. The monoisotopic (exact) mass is 195 g/mol. The van der Waals surface area contributed by atoms with E-state index in [4.69, 9.17) is 11.6 Å². The maximum absolute atomic E-state index is 5.93. The van der Waals surface area contributed by atoms with Gasteiger partial charge in [0.25, 0.3) is 0 Å². The maximum Gasteiger partial charge on any atom is 0.0409 e. The van der Waals surface area contributed by atoms with E-state index in [9.17, 15) is 0 Å². The molecule has 0 aliphatic carbocycles. The number of fused-ring (bicyclic) bond motifs is 1. The minimum Gasteiger partial charge on any atom is -0.292 e.